The first-order valence-electron chi connectivity index (χ1n) is 7.34. The van der Waals surface area contributed by atoms with Crippen LogP contribution in [0.4, 0.5) is 0 Å². The molecule has 0 radical (unpaired) electrons. The van der Waals surface area contributed by atoms with E-state index >= 15 is 0 Å². The van der Waals surface area contributed by atoms with Gasteiger partial charge in [-0.15, -0.1) is 0 Å². The molecule has 1 aromatic carbocycles. The fourth-order valence-corrected chi connectivity index (χ4v) is 4.88. The average Bonchev–Trinajstić information content (AvgIpc) is 2.49. The lowest BCUT2D eigenvalue weighted by atomic mass is 10.4. The lowest BCUT2D eigenvalue weighted by molar-refractivity contribution is -0.141. The summed E-state index contributed by atoms with van der Waals surface area (Å²) < 4.78 is 23.0. The quantitative estimate of drug-likeness (QED) is 0.396. The summed E-state index contributed by atoms with van der Waals surface area (Å²) in [6.45, 7) is 3.26. The smallest absolute Gasteiger partial charge is 0.302 e. The number of ether oxygens (including phenoxy) is 2. The Kier molecular flexibility index (Phi) is 7.89. The van der Waals surface area contributed by atoms with Crippen molar-refractivity contribution in [3.05, 3.63) is 30.3 Å². The minimum Gasteiger partial charge on any atom is -0.466 e. The normalized spacial score (nSPS) is 11.0. The summed E-state index contributed by atoms with van der Waals surface area (Å²) in [6.07, 6.45) is 2.06. The van der Waals surface area contributed by atoms with Crippen LogP contribution in [-0.4, -0.2) is 37.5 Å². The summed E-state index contributed by atoms with van der Waals surface area (Å²) in [4.78, 5) is 21.5. The van der Waals surface area contributed by atoms with Gasteiger partial charge >= 0.3 is 11.9 Å². The van der Waals surface area contributed by atoms with Crippen LogP contribution in [0.15, 0.2) is 30.3 Å². The highest BCUT2D eigenvalue weighted by Crippen LogP contribution is 2.45. The molecule has 0 amide bonds. The molecule has 22 heavy (non-hydrogen) atoms. The van der Waals surface area contributed by atoms with Crippen LogP contribution < -0.4 is 5.30 Å². The Morgan fingerprint density at radius 1 is 0.909 bits per heavy atom. The van der Waals surface area contributed by atoms with Gasteiger partial charge in [-0.05, 0) is 12.8 Å². The zero-order valence-electron chi connectivity index (χ0n) is 13.1. The summed E-state index contributed by atoms with van der Waals surface area (Å²) in [5.74, 6) is -0.659. The van der Waals surface area contributed by atoms with Crippen molar-refractivity contribution in [1.29, 1.82) is 0 Å². The van der Waals surface area contributed by atoms with Crippen molar-refractivity contribution >= 4 is 24.4 Å². The van der Waals surface area contributed by atoms with Gasteiger partial charge in [-0.1, -0.05) is 30.3 Å². The van der Waals surface area contributed by atoms with Crippen molar-refractivity contribution in [3.8, 4) is 0 Å². The largest absolute Gasteiger partial charge is 0.466 e. The third-order valence-corrected chi connectivity index (χ3v) is 6.48. The number of esters is 2. The number of hydrogen-bond donors (Lipinski definition) is 0. The van der Waals surface area contributed by atoms with Gasteiger partial charge in [-0.2, -0.15) is 0 Å². The molecule has 122 valence electrons. The first kappa shape index (κ1) is 18.4. The molecule has 0 heterocycles. The van der Waals surface area contributed by atoms with Crippen LogP contribution in [0.5, 0.6) is 0 Å². The Hall–Kier alpha value is -1.61. The maximum atomic E-state index is 13.2. The van der Waals surface area contributed by atoms with Crippen LogP contribution >= 0.6 is 7.14 Å². The van der Waals surface area contributed by atoms with Crippen LogP contribution in [-0.2, 0) is 23.6 Å². The van der Waals surface area contributed by atoms with E-state index in [1.807, 2.05) is 30.3 Å². The maximum absolute atomic E-state index is 13.2. The Morgan fingerprint density at radius 2 is 1.36 bits per heavy atom. The second-order valence-electron chi connectivity index (χ2n) is 5.06. The van der Waals surface area contributed by atoms with Crippen molar-refractivity contribution in [2.24, 2.45) is 0 Å². The third kappa shape index (κ3) is 6.90. The molecule has 0 N–H and O–H groups in total. The van der Waals surface area contributed by atoms with E-state index in [4.69, 9.17) is 9.47 Å². The second kappa shape index (κ2) is 9.42. The van der Waals surface area contributed by atoms with Gasteiger partial charge in [0.1, 0.15) is 7.14 Å². The van der Waals surface area contributed by atoms with E-state index in [1.54, 1.807) is 0 Å². The molecular formula is C16H23O5P. The van der Waals surface area contributed by atoms with E-state index < -0.39 is 7.14 Å². The molecule has 0 saturated heterocycles. The van der Waals surface area contributed by atoms with Gasteiger partial charge in [-0.3, -0.25) is 9.59 Å². The molecule has 0 aliphatic carbocycles. The minimum absolute atomic E-state index is 0.274. The molecule has 5 nitrogen and oxygen atoms in total. The van der Waals surface area contributed by atoms with Crippen LogP contribution in [0.2, 0.25) is 0 Å². The van der Waals surface area contributed by atoms with Crippen molar-refractivity contribution < 1.29 is 23.6 Å². The lowest BCUT2D eigenvalue weighted by Gasteiger charge is -2.18. The Labute approximate surface area is 131 Å². The molecule has 0 bridgehead atoms. The van der Waals surface area contributed by atoms with Gasteiger partial charge in [0.25, 0.3) is 0 Å². The summed E-state index contributed by atoms with van der Waals surface area (Å²) in [5.41, 5.74) is 0. The molecule has 6 heteroatoms. The van der Waals surface area contributed by atoms with Crippen LogP contribution in [0.1, 0.15) is 26.7 Å². The molecule has 0 aliphatic rings. The maximum Gasteiger partial charge on any atom is 0.302 e. The molecule has 0 aliphatic heterocycles. The molecule has 0 unspecified atom stereocenters. The summed E-state index contributed by atoms with van der Waals surface area (Å²) in [5, 5.41) is 0.820. The van der Waals surface area contributed by atoms with Gasteiger partial charge in [0.2, 0.25) is 0 Å². The zero-order chi connectivity index (χ0) is 16.4. The van der Waals surface area contributed by atoms with Crippen molar-refractivity contribution in [2.75, 3.05) is 25.5 Å². The number of carbonyl (C=O) groups is 2. The molecule has 0 fully saturated rings. The van der Waals surface area contributed by atoms with Crippen molar-refractivity contribution in [2.45, 2.75) is 26.7 Å². The first-order chi connectivity index (χ1) is 10.4. The molecule has 0 atom stereocenters. The SMILES string of the molecule is CC(=O)OCCCP(=O)(CCCOC(C)=O)c1ccccc1. The highest BCUT2D eigenvalue weighted by atomic mass is 31.2. The molecular weight excluding hydrogens is 303 g/mol. The van der Waals surface area contributed by atoms with E-state index in [1.165, 1.54) is 13.8 Å². The minimum atomic E-state index is -2.57. The van der Waals surface area contributed by atoms with E-state index in [2.05, 4.69) is 0 Å². The van der Waals surface area contributed by atoms with Crippen LogP contribution in [0.25, 0.3) is 0 Å². The summed E-state index contributed by atoms with van der Waals surface area (Å²) in [6, 6.07) is 9.32. The van der Waals surface area contributed by atoms with Crippen LogP contribution in [0, 0.1) is 0 Å². The van der Waals surface area contributed by atoms with E-state index in [-0.39, 0.29) is 25.2 Å². The monoisotopic (exact) mass is 326 g/mol. The van der Waals surface area contributed by atoms with Gasteiger partial charge in [-0.25, -0.2) is 0 Å². The molecule has 1 aromatic rings. The van der Waals surface area contributed by atoms with Crippen molar-refractivity contribution in [1.82, 2.24) is 0 Å². The molecule has 0 aromatic heterocycles. The Morgan fingerprint density at radius 3 is 1.77 bits per heavy atom. The highest BCUT2D eigenvalue weighted by Gasteiger charge is 2.23. The number of benzene rings is 1. The summed E-state index contributed by atoms with van der Waals surface area (Å²) in [7, 11) is -2.57. The van der Waals surface area contributed by atoms with Gasteiger partial charge in [0, 0.05) is 31.5 Å². The highest BCUT2D eigenvalue weighted by molar-refractivity contribution is 7.71. The number of rotatable bonds is 9. The fourth-order valence-electron chi connectivity index (χ4n) is 2.14. The molecule has 0 spiro atoms. The zero-order valence-corrected chi connectivity index (χ0v) is 14.0. The van der Waals surface area contributed by atoms with Gasteiger partial charge in [0.15, 0.2) is 0 Å². The van der Waals surface area contributed by atoms with Crippen molar-refractivity contribution in [3.63, 3.8) is 0 Å². The van der Waals surface area contributed by atoms with E-state index in [9.17, 15) is 14.2 Å². The third-order valence-electron chi connectivity index (χ3n) is 3.16. The Bertz CT molecular complexity index is 501. The van der Waals surface area contributed by atoms with Crippen LogP contribution in [0.3, 0.4) is 0 Å². The number of carbonyl (C=O) groups excluding carboxylic acids is 2. The van der Waals surface area contributed by atoms with Gasteiger partial charge in [0.05, 0.1) is 13.2 Å². The van der Waals surface area contributed by atoms with E-state index in [0.29, 0.717) is 25.2 Å². The summed E-state index contributed by atoms with van der Waals surface area (Å²) >= 11 is 0. The molecule has 0 saturated carbocycles. The topological polar surface area (TPSA) is 69.7 Å². The average molecular weight is 326 g/mol. The van der Waals surface area contributed by atoms with E-state index in [0.717, 1.165) is 5.30 Å². The predicted molar refractivity (Wildman–Crippen MR) is 85.9 cm³/mol. The predicted octanol–water partition coefficient (Wildman–Crippen LogP) is 2.58. The molecule has 1 rings (SSSR count). The first-order valence-corrected chi connectivity index (χ1v) is 9.42. The standard InChI is InChI=1S/C16H23O5P/c1-14(17)20-10-6-12-22(19,13-7-11-21-15(2)18)16-8-4-3-5-9-16/h3-5,8-9H,6-7,10-13H2,1-2H3. The number of hydrogen-bond acceptors (Lipinski definition) is 5. The van der Waals surface area contributed by atoms with Gasteiger partial charge < -0.3 is 14.0 Å². The Balaban J connectivity index is 2.62. The second-order valence-corrected chi connectivity index (χ2v) is 8.25. The lowest BCUT2D eigenvalue weighted by Crippen LogP contribution is -2.14. The fraction of sp³-hybridized carbons (Fsp3) is 0.500.